The Labute approximate surface area is 144 Å². The molecule has 0 aliphatic heterocycles. The zero-order chi connectivity index (χ0) is 18.2. The first-order chi connectivity index (χ1) is 11.4. The SMILES string of the molecule is CCCN(CCC)C(=O)CNS(=O)(=O)c1cc(OC)ccc1OC. The molecule has 0 spiro atoms. The van der Waals surface area contributed by atoms with Crippen molar-refractivity contribution >= 4 is 15.9 Å². The van der Waals surface area contributed by atoms with E-state index in [4.69, 9.17) is 9.47 Å². The van der Waals surface area contributed by atoms with E-state index in [0.29, 0.717) is 18.8 Å². The number of nitrogens with one attached hydrogen (secondary N) is 1. The Hall–Kier alpha value is -1.80. The molecule has 7 nitrogen and oxygen atoms in total. The number of carbonyl (C=O) groups is 1. The van der Waals surface area contributed by atoms with Gasteiger partial charge in [-0.1, -0.05) is 13.8 Å². The maximum absolute atomic E-state index is 12.5. The Morgan fingerprint density at radius 3 is 2.25 bits per heavy atom. The quantitative estimate of drug-likeness (QED) is 0.687. The predicted octanol–water partition coefficient (Wildman–Crippen LogP) is 1.63. The predicted molar refractivity (Wildman–Crippen MR) is 91.9 cm³/mol. The minimum atomic E-state index is -3.90. The van der Waals surface area contributed by atoms with Gasteiger partial charge >= 0.3 is 0 Å². The van der Waals surface area contributed by atoms with Crippen LogP contribution in [-0.4, -0.2) is 53.1 Å². The number of hydrogen-bond donors (Lipinski definition) is 1. The third-order valence-corrected chi connectivity index (χ3v) is 4.84. The normalized spacial score (nSPS) is 11.2. The minimum Gasteiger partial charge on any atom is -0.497 e. The van der Waals surface area contributed by atoms with Crippen LogP contribution in [0.3, 0.4) is 0 Å². The van der Waals surface area contributed by atoms with Crippen molar-refractivity contribution in [1.82, 2.24) is 9.62 Å². The van der Waals surface area contributed by atoms with Gasteiger partial charge in [-0.2, -0.15) is 0 Å². The second-order valence-corrected chi connectivity index (χ2v) is 6.96. The Kier molecular flexibility index (Phi) is 8.00. The summed E-state index contributed by atoms with van der Waals surface area (Å²) in [6.07, 6.45) is 1.64. The van der Waals surface area contributed by atoms with Crippen LogP contribution in [0.2, 0.25) is 0 Å². The molecule has 1 amide bonds. The Morgan fingerprint density at radius 1 is 1.12 bits per heavy atom. The highest BCUT2D eigenvalue weighted by Crippen LogP contribution is 2.27. The summed E-state index contributed by atoms with van der Waals surface area (Å²) in [5.41, 5.74) is 0. The molecule has 0 unspecified atom stereocenters. The Bertz CT molecular complexity index is 640. The molecule has 1 aromatic rings. The number of nitrogens with zero attached hydrogens (tertiary/aromatic N) is 1. The lowest BCUT2D eigenvalue weighted by atomic mass is 10.3. The molecule has 0 aromatic heterocycles. The Balaban J connectivity index is 2.92. The van der Waals surface area contributed by atoms with Gasteiger partial charge in [-0.05, 0) is 25.0 Å². The second-order valence-electron chi connectivity index (χ2n) is 5.22. The number of amides is 1. The number of hydrogen-bond acceptors (Lipinski definition) is 5. The molecule has 0 atom stereocenters. The van der Waals surface area contributed by atoms with E-state index < -0.39 is 10.0 Å². The first-order valence-corrected chi connectivity index (χ1v) is 9.37. The summed E-state index contributed by atoms with van der Waals surface area (Å²) in [6.45, 7) is 4.87. The van der Waals surface area contributed by atoms with Gasteiger partial charge in [-0.15, -0.1) is 0 Å². The molecule has 136 valence electrons. The lowest BCUT2D eigenvalue weighted by Crippen LogP contribution is -2.41. The van der Waals surface area contributed by atoms with Gasteiger partial charge in [-0.3, -0.25) is 4.79 Å². The van der Waals surface area contributed by atoms with Gasteiger partial charge < -0.3 is 14.4 Å². The summed E-state index contributed by atoms with van der Waals surface area (Å²) in [5, 5.41) is 0. The van der Waals surface area contributed by atoms with Gasteiger partial charge in [0.15, 0.2) is 0 Å². The fraction of sp³-hybridized carbons (Fsp3) is 0.562. The van der Waals surface area contributed by atoms with E-state index in [-0.39, 0.29) is 23.1 Å². The summed E-state index contributed by atoms with van der Waals surface area (Å²) in [5.74, 6) is 0.333. The van der Waals surface area contributed by atoms with Gasteiger partial charge in [0.05, 0.1) is 20.8 Å². The van der Waals surface area contributed by atoms with Crippen molar-refractivity contribution in [2.45, 2.75) is 31.6 Å². The topological polar surface area (TPSA) is 84.9 Å². The summed E-state index contributed by atoms with van der Waals surface area (Å²) in [6, 6.07) is 4.48. The van der Waals surface area contributed by atoms with Crippen LogP contribution in [0.15, 0.2) is 23.1 Å². The molecule has 0 saturated heterocycles. The van der Waals surface area contributed by atoms with E-state index in [1.165, 1.54) is 26.4 Å². The van der Waals surface area contributed by atoms with Crippen molar-refractivity contribution in [3.05, 3.63) is 18.2 Å². The largest absolute Gasteiger partial charge is 0.497 e. The number of carbonyl (C=O) groups excluding carboxylic acids is 1. The third kappa shape index (κ3) is 5.38. The molecular weight excluding hydrogens is 332 g/mol. The van der Waals surface area contributed by atoms with Gasteiger partial charge in [0.2, 0.25) is 15.9 Å². The molecule has 0 aliphatic carbocycles. The maximum Gasteiger partial charge on any atom is 0.244 e. The van der Waals surface area contributed by atoms with Crippen LogP contribution >= 0.6 is 0 Å². The van der Waals surface area contributed by atoms with Crippen molar-refractivity contribution in [2.24, 2.45) is 0 Å². The number of methoxy groups -OCH3 is 2. The lowest BCUT2D eigenvalue weighted by Gasteiger charge is -2.21. The monoisotopic (exact) mass is 358 g/mol. The second kappa shape index (κ2) is 9.48. The molecular formula is C16H26N2O5S. The van der Waals surface area contributed by atoms with E-state index in [0.717, 1.165) is 12.8 Å². The zero-order valence-corrected chi connectivity index (χ0v) is 15.5. The van der Waals surface area contributed by atoms with Gasteiger partial charge in [0, 0.05) is 19.2 Å². The molecule has 24 heavy (non-hydrogen) atoms. The maximum atomic E-state index is 12.5. The van der Waals surface area contributed by atoms with Crippen molar-refractivity contribution in [1.29, 1.82) is 0 Å². The van der Waals surface area contributed by atoms with Crippen LogP contribution in [-0.2, 0) is 14.8 Å². The molecule has 1 rings (SSSR count). The van der Waals surface area contributed by atoms with E-state index in [1.807, 2.05) is 13.8 Å². The highest BCUT2D eigenvalue weighted by molar-refractivity contribution is 7.89. The fourth-order valence-corrected chi connectivity index (χ4v) is 3.40. The first-order valence-electron chi connectivity index (χ1n) is 7.89. The zero-order valence-electron chi connectivity index (χ0n) is 14.7. The molecule has 0 aliphatic rings. The fourth-order valence-electron chi connectivity index (χ4n) is 2.24. The highest BCUT2D eigenvalue weighted by Gasteiger charge is 2.22. The first kappa shape index (κ1) is 20.2. The average molecular weight is 358 g/mol. The third-order valence-electron chi connectivity index (χ3n) is 3.41. The van der Waals surface area contributed by atoms with E-state index in [9.17, 15) is 13.2 Å². The summed E-state index contributed by atoms with van der Waals surface area (Å²) in [7, 11) is -1.06. The van der Waals surface area contributed by atoms with Crippen molar-refractivity contribution in [3.8, 4) is 11.5 Å². The van der Waals surface area contributed by atoms with Crippen molar-refractivity contribution in [2.75, 3.05) is 33.9 Å². The number of rotatable bonds is 10. The van der Waals surface area contributed by atoms with Crippen molar-refractivity contribution < 1.29 is 22.7 Å². The van der Waals surface area contributed by atoms with Gasteiger partial charge in [0.1, 0.15) is 16.4 Å². The minimum absolute atomic E-state index is 0.0605. The smallest absolute Gasteiger partial charge is 0.244 e. The van der Waals surface area contributed by atoms with Crippen LogP contribution in [0.4, 0.5) is 0 Å². The molecule has 0 saturated carbocycles. The van der Waals surface area contributed by atoms with Crippen LogP contribution in [0.1, 0.15) is 26.7 Å². The molecule has 8 heteroatoms. The summed E-state index contributed by atoms with van der Waals surface area (Å²) in [4.78, 5) is 13.8. The van der Waals surface area contributed by atoms with Gasteiger partial charge in [0.25, 0.3) is 0 Å². The molecule has 0 bridgehead atoms. The number of sulfonamides is 1. The van der Waals surface area contributed by atoms with Crippen LogP contribution < -0.4 is 14.2 Å². The van der Waals surface area contributed by atoms with Gasteiger partial charge in [-0.25, -0.2) is 13.1 Å². The van der Waals surface area contributed by atoms with Crippen molar-refractivity contribution in [3.63, 3.8) is 0 Å². The van der Waals surface area contributed by atoms with Crippen LogP contribution in [0.5, 0.6) is 11.5 Å². The molecule has 1 N–H and O–H groups in total. The Morgan fingerprint density at radius 2 is 1.75 bits per heavy atom. The lowest BCUT2D eigenvalue weighted by molar-refractivity contribution is -0.130. The number of ether oxygens (including phenoxy) is 2. The molecule has 0 radical (unpaired) electrons. The standard InChI is InChI=1S/C16H26N2O5S/c1-5-9-18(10-6-2)16(19)12-17-24(20,21)15-11-13(22-3)7-8-14(15)23-4/h7-8,11,17H,5-6,9-10,12H2,1-4H3. The average Bonchev–Trinajstić information content (AvgIpc) is 2.58. The highest BCUT2D eigenvalue weighted by atomic mass is 32.2. The van der Waals surface area contributed by atoms with Crippen LogP contribution in [0.25, 0.3) is 0 Å². The van der Waals surface area contributed by atoms with E-state index in [2.05, 4.69) is 4.72 Å². The molecule has 1 aromatic carbocycles. The number of benzene rings is 1. The van der Waals surface area contributed by atoms with E-state index in [1.54, 1.807) is 11.0 Å². The summed E-state index contributed by atoms with van der Waals surface area (Å²) >= 11 is 0. The van der Waals surface area contributed by atoms with Crippen LogP contribution in [0, 0.1) is 0 Å². The van der Waals surface area contributed by atoms with E-state index >= 15 is 0 Å². The molecule has 0 heterocycles. The molecule has 0 fully saturated rings. The summed E-state index contributed by atoms with van der Waals surface area (Å²) < 4.78 is 37.5.